The van der Waals surface area contributed by atoms with Gasteiger partial charge in [-0.2, -0.15) is 13.2 Å². The van der Waals surface area contributed by atoms with Crippen LogP contribution in [0.1, 0.15) is 18.5 Å². The molecule has 0 aromatic heterocycles. The van der Waals surface area contributed by atoms with Crippen LogP contribution in [0.3, 0.4) is 0 Å². The van der Waals surface area contributed by atoms with E-state index in [0.29, 0.717) is 0 Å². The average Bonchev–Trinajstić information content (AvgIpc) is 2.51. The molecule has 1 heterocycles. The number of nitrogens with one attached hydrogen (secondary N) is 2. The molecule has 0 saturated carbocycles. The van der Waals surface area contributed by atoms with Crippen molar-refractivity contribution in [2.45, 2.75) is 24.9 Å². The number of methoxy groups -OCH3 is 2. The largest absolute Gasteiger partial charge is 0.497 e. The van der Waals surface area contributed by atoms with E-state index in [0.717, 1.165) is 6.92 Å². The van der Waals surface area contributed by atoms with E-state index in [1.807, 2.05) is 0 Å². The van der Waals surface area contributed by atoms with Gasteiger partial charge in [0.05, 0.1) is 26.2 Å². The summed E-state index contributed by atoms with van der Waals surface area (Å²) in [5, 5.41) is 13.8. The van der Waals surface area contributed by atoms with Crippen LogP contribution in [0.2, 0.25) is 0 Å². The number of amides is 2. The molecule has 0 radical (unpaired) electrons. The number of ether oxygens (including phenoxy) is 2. The van der Waals surface area contributed by atoms with Crippen molar-refractivity contribution in [1.29, 1.82) is 0 Å². The van der Waals surface area contributed by atoms with Crippen molar-refractivity contribution in [3.8, 4) is 11.5 Å². The number of hydrogen-bond acceptors (Lipinski definition) is 5. The van der Waals surface area contributed by atoms with E-state index < -0.39 is 35.7 Å². The van der Waals surface area contributed by atoms with Crippen LogP contribution in [0, 0.1) is 5.92 Å². The normalized spacial score (nSPS) is 26.4. The monoisotopic (exact) mass is 362 g/mol. The summed E-state index contributed by atoms with van der Waals surface area (Å²) in [6.07, 6.45) is -5.27. The van der Waals surface area contributed by atoms with Crippen molar-refractivity contribution in [1.82, 2.24) is 10.6 Å². The summed E-state index contributed by atoms with van der Waals surface area (Å²) in [7, 11) is 2.63. The topological polar surface area (TPSA) is 96.9 Å². The molecule has 1 saturated heterocycles. The second-order valence-electron chi connectivity index (χ2n) is 5.54. The van der Waals surface area contributed by atoms with E-state index in [1.54, 1.807) is 0 Å². The molecule has 7 nitrogen and oxygen atoms in total. The Hall–Kier alpha value is -2.49. The molecule has 1 fully saturated rings. The summed E-state index contributed by atoms with van der Waals surface area (Å²) < 4.78 is 50.4. The third-order valence-electron chi connectivity index (χ3n) is 4.02. The number of benzene rings is 1. The summed E-state index contributed by atoms with van der Waals surface area (Å²) in [6, 6.07) is 1.51. The Kier molecular flexibility index (Phi) is 4.85. The molecule has 10 heteroatoms. The van der Waals surface area contributed by atoms with E-state index in [1.165, 1.54) is 37.7 Å². The van der Waals surface area contributed by atoms with Gasteiger partial charge in [-0.25, -0.2) is 4.79 Å². The summed E-state index contributed by atoms with van der Waals surface area (Å²) >= 11 is 0. The molecule has 0 aliphatic carbocycles. The van der Waals surface area contributed by atoms with Crippen molar-refractivity contribution in [2.24, 2.45) is 5.92 Å². The lowest BCUT2D eigenvalue weighted by atomic mass is 9.79. The number of alkyl halides is 3. The fourth-order valence-electron chi connectivity index (χ4n) is 2.87. The van der Waals surface area contributed by atoms with Gasteiger partial charge in [0.25, 0.3) is 0 Å². The van der Waals surface area contributed by atoms with Crippen molar-refractivity contribution >= 4 is 11.8 Å². The van der Waals surface area contributed by atoms with Crippen molar-refractivity contribution in [3.05, 3.63) is 23.8 Å². The highest BCUT2D eigenvalue weighted by atomic mass is 19.4. The maximum atomic E-state index is 13.4. The number of aliphatic hydroxyl groups is 1. The zero-order valence-electron chi connectivity index (χ0n) is 13.6. The van der Waals surface area contributed by atoms with E-state index in [4.69, 9.17) is 9.47 Å². The highest BCUT2D eigenvalue weighted by Crippen LogP contribution is 2.45. The molecule has 1 aliphatic rings. The lowest BCUT2D eigenvalue weighted by Crippen LogP contribution is -2.72. The van der Waals surface area contributed by atoms with Crippen LogP contribution < -0.4 is 20.1 Å². The maximum Gasteiger partial charge on any atom is 0.437 e. The van der Waals surface area contributed by atoms with Crippen LogP contribution in [-0.2, 0) is 4.79 Å². The number of urea groups is 1. The summed E-state index contributed by atoms with van der Waals surface area (Å²) in [5.74, 6) is -2.60. The van der Waals surface area contributed by atoms with Gasteiger partial charge in [-0.15, -0.1) is 0 Å². The first kappa shape index (κ1) is 18.8. The quantitative estimate of drug-likeness (QED) is 0.755. The second-order valence-corrected chi connectivity index (χ2v) is 5.54. The first-order valence-electron chi connectivity index (χ1n) is 7.15. The predicted molar refractivity (Wildman–Crippen MR) is 79.1 cm³/mol. The van der Waals surface area contributed by atoms with Crippen molar-refractivity contribution in [3.63, 3.8) is 0 Å². The van der Waals surface area contributed by atoms with Gasteiger partial charge < -0.3 is 25.2 Å². The number of carbonyl (C=O) groups excluding carboxylic acids is 2. The average molecular weight is 362 g/mol. The van der Waals surface area contributed by atoms with Crippen LogP contribution in [0.25, 0.3) is 0 Å². The zero-order valence-corrected chi connectivity index (χ0v) is 13.6. The molecular weight excluding hydrogens is 345 g/mol. The van der Waals surface area contributed by atoms with Gasteiger partial charge in [0, 0.05) is 5.56 Å². The van der Waals surface area contributed by atoms with Crippen LogP contribution >= 0.6 is 0 Å². The van der Waals surface area contributed by atoms with Gasteiger partial charge in [0.15, 0.2) is 0 Å². The van der Waals surface area contributed by atoms with Gasteiger partial charge in [-0.1, -0.05) is 0 Å². The Bertz CT molecular complexity index is 694. The van der Waals surface area contributed by atoms with Gasteiger partial charge in [-0.05, 0) is 25.1 Å². The van der Waals surface area contributed by atoms with Gasteiger partial charge in [-0.3, -0.25) is 4.79 Å². The Labute approximate surface area is 141 Å². The molecule has 1 aliphatic heterocycles. The lowest BCUT2D eigenvalue weighted by Gasteiger charge is -2.44. The SMILES string of the molecule is COc1ccc(OC)c(C2NC(=O)NC(O)(C(F)(F)F)C2C(C)=O)c1. The maximum absolute atomic E-state index is 13.4. The van der Waals surface area contributed by atoms with Crippen LogP contribution in [0.4, 0.5) is 18.0 Å². The standard InChI is InChI=1S/C15H17F3N2O5/c1-7(21)11-12(9-6-8(24-2)4-5-10(9)25-3)19-13(22)20-14(11,23)15(16,17)18/h4-6,11-12,23H,1-3H3,(H2,19,20,22). The smallest absolute Gasteiger partial charge is 0.437 e. The van der Waals surface area contributed by atoms with Crippen molar-refractivity contribution < 1.29 is 37.3 Å². The number of Topliss-reactive ketones (excluding diaryl/α,β-unsaturated/α-hetero) is 1. The summed E-state index contributed by atoms with van der Waals surface area (Å²) in [6.45, 7) is 0.903. The summed E-state index contributed by atoms with van der Waals surface area (Å²) in [4.78, 5) is 23.7. The molecule has 2 amide bonds. The first-order valence-corrected chi connectivity index (χ1v) is 7.15. The molecule has 1 aromatic carbocycles. The molecule has 138 valence electrons. The highest BCUT2D eigenvalue weighted by molar-refractivity contribution is 5.86. The number of hydrogen-bond donors (Lipinski definition) is 3. The third kappa shape index (κ3) is 3.21. The molecule has 3 atom stereocenters. The third-order valence-corrected chi connectivity index (χ3v) is 4.02. The van der Waals surface area contributed by atoms with Crippen LogP contribution in [-0.4, -0.2) is 43.0 Å². The molecule has 0 spiro atoms. The minimum absolute atomic E-state index is 0.0691. The van der Waals surface area contributed by atoms with Gasteiger partial charge >= 0.3 is 12.2 Å². The Balaban J connectivity index is 2.66. The van der Waals surface area contributed by atoms with E-state index >= 15 is 0 Å². The Morgan fingerprint density at radius 2 is 1.92 bits per heavy atom. The molecule has 2 rings (SSSR count). The van der Waals surface area contributed by atoms with E-state index in [2.05, 4.69) is 5.32 Å². The Morgan fingerprint density at radius 1 is 1.28 bits per heavy atom. The summed E-state index contributed by atoms with van der Waals surface area (Å²) in [5.41, 5.74) is -3.65. The van der Waals surface area contributed by atoms with Crippen LogP contribution in [0.5, 0.6) is 11.5 Å². The van der Waals surface area contributed by atoms with Gasteiger partial charge in [0.2, 0.25) is 5.72 Å². The first-order chi connectivity index (χ1) is 11.5. The second kappa shape index (κ2) is 6.43. The van der Waals surface area contributed by atoms with Crippen molar-refractivity contribution in [2.75, 3.05) is 14.2 Å². The molecule has 3 unspecified atom stereocenters. The molecular formula is C15H17F3N2O5. The van der Waals surface area contributed by atoms with Crippen LogP contribution in [0.15, 0.2) is 18.2 Å². The van der Waals surface area contributed by atoms with E-state index in [-0.39, 0.29) is 17.1 Å². The fraction of sp³-hybridized carbons (Fsp3) is 0.467. The lowest BCUT2D eigenvalue weighted by molar-refractivity contribution is -0.290. The number of rotatable bonds is 4. The molecule has 0 bridgehead atoms. The number of ketones is 1. The zero-order chi connectivity index (χ0) is 19.0. The molecule has 25 heavy (non-hydrogen) atoms. The van der Waals surface area contributed by atoms with Gasteiger partial charge in [0.1, 0.15) is 17.3 Å². The number of halogens is 3. The highest BCUT2D eigenvalue weighted by Gasteiger charge is 2.65. The fourth-order valence-corrected chi connectivity index (χ4v) is 2.87. The molecule has 1 aromatic rings. The minimum Gasteiger partial charge on any atom is -0.497 e. The molecule has 3 N–H and O–H groups in total. The Morgan fingerprint density at radius 3 is 2.40 bits per heavy atom. The predicted octanol–water partition coefficient (Wildman–Crippen LogP) is 1.51. The van der Waals surface area contributed by atoms with E-state index in [9.17, 15) is 27.9 Å². The minimum atomic E-state index is -5.27. The number of carbonyl (C=O) groups is 2.